The molecule has 0 radical (unpaired) electrons. The van der Waals surface area contributed by atoms with Crippen LogP contribution in [0.5, 0.6) is 0 Å². The lowest BCUT2D eigenvalue weighted by Crippen LogP contribution is -2.10. The standard InChI is InChI=1S/C8H8BrNO4/c1-13-7(11)4-3-5(9)10-6(4)8(12)14-2/h3H2,1-2H3. The van der Waals surface area contributed by atoms with Crippen LogP contribution in [0, 0.1) is 0 Å². The zero-order valence-electron chi connectivity index (χ0n) is 7.67. The van der Waals surface area contributed by atoms with E-state index in [1.165, 1.54) is 14.2 Å². The molecule has 0 unspecified atom stereocenters. The summed E-state index contributed by atoms with van der Waals surface area (Å²) in [6.45, 7) is 0. The van der Waals surface area contributed by atoms with Crippen molar-refractivity contribution < 1.29 is 19.1 Å². The van der Waals surface area contributed by atoms with E-state index in [-0.39, 0.29) is 17.7 Å². The van der Waals surface area contributed by atoms with Crippen LogP contribution in [0.15, 0.2) is 16.3 Å². The Hall–Kier alpha value is -1.17. The van der Waals surface area contributed by atoms with E-state index in [1.54, 1.807) is 0 Å². The van der Waals surface area contributed by atoms with Crippen molar-refractivity contribution in [3.8, 4) is 0 Å². The second kappa shape index (κ2) is 4.36. The second-order valence-corrected chi connectivity index (χ2v) is 3.39. The van der Waals surface area contributed by atoms with Crippen LogP contribution >= 0.6 is 15.9 Å². The summed E-state index contributed by atoms with van der Waals surface area (Å²) in [5.41, 5.74) is 0.220. The summed E-state index contributed by atoms with van der Waals surface area (Å²) < 4.78 is 9.50. The van der Waals surface area contributed by atoms with Crippen LogP contribution in [0.1, 0.15) is 6.42 Å². The van der Waals surface area contributed by atoms with Gasteiger partial charge in [-0.3, -0.25) is 0 Å². The molecule has 1 aliphatic heterocycles. The Balaban J connectivity index is 3.02. The van der Waals surface area contributed by atoms with E-state index < -0.39 is 11.9 Å². The average molecular weight is 262 g/mol. The first kappa shape index (κ1) is 10.9. The van der Waals surface area contributed by atoms with Gasteiger partial charge in [-0.15, -0.1) is 0 Å². The first-order valence-electron chi connectivity index (χ1n) is 3.73. The molecular formula is C8H8BrNO4. The number of hydrogen-bond acceptors (Lipinski definition) is 5. The van der Waals surface area contributed by atoms with Gasteiger partial charge in [0.2, 0.25) is 0 Å². The van der Waals surface area contributed by atoms with Crippen molar-refractivity contribution in [3.05, 3.63) is 11.3 Å². The molecule has 0 fully saturated rings. The third-order valence-electron chi connectivity index (χ3n) is 1.65. The topological polar surface area (TPSA) is 65.0 Å². The summed E-state index contributed by atoms with van der Waals surface area (Å²) in [5, 5.41) is 0. The van der Waals surface area contributed by atoms with Crippen molar-refractivity contribution in [1.29, 1.82) is 0 Å². The Kier molecular flexibility index (Phi) is 3.40. The SMILES string of the molecule is COC(=O)C1=C(C(=O)OC)N=C(Br)C1. The highest BCUT2D eigenvalue weighted by Crippen LogP contribution is 2.24. The number of aliphatic imine (C=N–C) groups is 1. The largest absolute Gasteiger partial charge is 0.466 e. The van der Waals surface area contributed by atoms with Crippen molar-refractivity contribution in [2.75, 3.05) is 14.2 Å². The fraction of sp³-hybridized carbons (Fsp3) is 0.375. The number of rotatable bonds is 2. The quantitative estimate of drug-likeness (QED) is 0.690. The van der Waals surface area contributed by atoms with Gasteiger partial charge in [0.1, 0.15) is 0 Å². The number of carbonyl (C=O) groups is 2. The molecule has 0 aromatic carbocycles. The van der Waals surface area contributed by atoms with Gasteiger partial charge < -0.3 is 9.47 Å². The van der Waals surface area contributed by atoms with Crippen LogP contribution in [0.4, 0.5) is 0 Å². The molecule has 0 aromatic heterocycles. The monoisotopic (exact) mass is 261 g/mol. The summed E-state index contributed by atoms with van der Waals surface area (Å²) in [6.07, 6.45) is 0.261. The number of carbonyl (C=O) groups excluding carboxylic acids is 2. The molecule has 76 valence electrons. The molecule has 0 amide bonds. The van der Waals surface area contributed by atoms with Crippen molar-refractivity contribution in [1.82, 2.24) is 0 Å². The van der Waals surface area contributed by atoms with E-state index in [0.29, 0.717) is 4.62 Å². The maximum atomic E-state index is 11.2. The zero-order valence-corrected chi connectivity index (χ0v) is 9.25. The molecule has 0 atom stereocenters. The van der Waals surface area contributed by atoms with Crippen molar-refractivity contribution in [2.24, 2.45) is 4.99 Å². The van der Waals surface area contributed by atoms with E-state index in [1.807, 2.05) is 0 Å². The Morgan fingerprint density at radius 2 is 1.86 bits per heavy atom. The number of hydrogen-bond donors (Lipinski definition) is 0. The van der Waals surface area contributed by atoms with Gasteiger partial charge in [0.15, 0.2) is 5.70 Å². The first-order valence-corrected chi connectivity index (χ1v) is 4.52. The minimum absolute atomic E-state index is 0.00576. The van der Waals surface area contributed by atoms with E-state index in [4.69, 9.17) is 0 Å². The predicted molar refractivity (Wildman–Crippen MR) is 52.0 cm³/mol. The Bertz CT molecular complexity index is 345. The van der Waals surface area contributed by atoms with Crippen LogP contribution in [0.3, 0.4) is 0 Å². The normalized spacial score (nSPS) is 15.2. The van der Waals surface area contributed by atoms with Gasteiger partial charge in [0, 0.05) is 6.42 Å². The Labute approximate surface area is 88.9 Å². The van der Waals surface area contributed by atoms with Crippen LogP contribution in [-0.2, 0) is 19.1 Å². The van der Waals surface area contributed by atoms with E-state index >= 15 is 0 Å². The van der Waals surface area contributed by atoms with Crippen molar-refractivity contribution in [2.45, 2.75) is 6.42 Å². The highest BCUT2D eigenvalue weighted by atomic mass is 79.9. The predicted octanol–water partition coefficient (Wildman–Crippen LogP) is 0.784. The summed E-state index contributed by atoms with van der Waals surface area (Å²) in [7, 11) is 2.47. The molecule has 1 aliphatic rings. The lowest BCUT2D eigenvalue weighted by atomic mass is 10.2. The average Bonchev–Trinajstić information content (AvgIpc) is 2.58. The molecule has 5 nitrogen and oxygen atoms in total. The lowest BCUT2D eigenvalue weighted by Gasteiger charge is -2.01. The summed E-state index contributed by atoms with van der Waals surface area (Å²) >= 11 is 3.11. The van der Waals surface area contributed by atoms with Gasteiger partial charge in [-0.1, -0.05) is 0 Å². The molecule has 0 saturated heterocycles. The fourth-order valence-corrected chi connectivity index (χ4v) is 1.47. The number of nitrogens with zero attached hydrogens (tertiary/aromatic N) is 1. The maximum absolute atomic E-state index is 11.2. The molecule has 0 N–H and O–H groups in total. The Morgan fingerprint density at radius 3 is 2.36 bits per heavy atom. The molecule has 0 saturated carbocycles. The lowest BCUT2D eigenvalue weighted by molar-refractivity contribution is -0.139. The van der Waals surface area contributed by atoms with Gasteiger partial charge in [-0.05, 0) is 15.9 Å². The van der Waals surface area contributed by atoms with Crippen LogP contribution < -0.4 is 0 Å². The van der Waals surface area contributed by atoms with Gasteiger partial charge in [0.25, 0.3) is 0 Å². The number of halogens is 1. The molecule has 0 aliphatic carbocycles. The van der Waals surface area contributed by atoms with Crippen molar-refractivity contribution >= 4 is 32.5 Å². The van der Waals surface area contributed by atoms with Crippen LogP contribution in [0.25, 0.3) is 0 Å². The minimum Gasteiger partial charge on any atom is -0.466 e. The van der Waals surface area contributed by atoms with Gasteiger partial charge in [-0.25, -0.2) is 14.6 Å². The van der Waals surface area contributed by atoms with Crippen LogP contribution in [0.2, 0.25) is 0 Å². The summed E-state index contributed by atoms with van der Waals surface area (Å²) in [5.74, 6) is -1.21. The van der Waals surface area contributed by atoms with Gasteiger partial charge in [-0.2, -0.15) is 0 Å². The van der Waals surface area contributed by atoms with Gasteiger partial charge in [0.05, 0.1) is 24.4 Å². The third kappa shape index (κ3) is 2.01. The zero-order chi connectivity index (χ0) is 10.7. The van der Waals surface area contributed by atoms with Crippen LogP contribution in [-0.4, -0.2) is 30.8 Å². The minimum atomic E-state index is -0.639. The fourth-order valence-electron chi connectivity index (χ4n) is 1.02. The molecule has 1 heterocycles. The molecule has 0 aromatic rings. The highest BCUT2D eigenvalue weighted by molar-refractivity contribution is 9.18. The maximum Gasteiger partial charge on any atom is 0.357 e. The molecule has 0 bridgehead atoms. The van der Waals surface area contributed by atoms with Gasteiger partial charge >= 0.3 is 11.9 Å². The number of esters is 2. The highest BCUT2D eigenvalue weighted by Gasteiger charge is 2.28. The molecule has 1 rings (SSSR count). The van der Waals surface area contributed by atoms with E-state index in [0.717, 1.165) is 0 Å². The molecule has 6 heteroatoms. The molecule has 14 heavy (non-hydrogen) atoms. The third-order valence-corrected chi connectivity index (χ3v) is 2.11. The Morgan fingerprint density at radius 1 is 1.29 bits per heavy atom. The number of methoxy groups -OCH3 is 2. The summed E-state index contributed by atoms with van der Waals surface area (Å²) in [6, 6.07) is 0. The van der Waals surface area contributed by atoms with E-state index in [9.17, 15) is 9.59 Å². The van der Waals surface area contributed by atoms with E-state index in [2.05, 4.69) is 30.4 Å². The van der Waals surface area contributed by atoms with Crippen molar-refractivity contribution in [3.63, 3.8) is 0 Å². The number of ether oxygens (including phenoxy) is 2. The molecular weight excluding hydrogens is 254 g/mol. The second-order valence-electron chi connectivity index (χ2n) is 2.48. The molecule has 0 spiro atoms. The summed E-state index contributed by atoms with van der Waals surface area (Å²) in [4.78, 5) is 26.2. The smallest absolute Gasteiger partial charge is 0.357 e. The first-order chi connectivity index (χ1) is 6.60.